The lowest BCUT2D eigenvalue weighted by Crippen LogP contribution is -1.97. The fourth-order valence-corrected chi connectivity index (χ4v) is 19.3. The second-order valence-electron chi connectivity index (χ2n) is 32.2. The molecule has 0 radical (unpaired) electrons. The van der Waals surface area contributed by atoms with Crippen LogP contribution in [0.1, 0.15) is 0 Å². The molecule has 0 aliphatic heterocycles. The molecule has 20 aromatic carbocycles. The SMILES string of the molecule is c1ccc(-c2ccc(-c3cc(-c4ccc5c(c4)c4ccccc4n5-c4ccc5c6ccccc6c6ccccc6c5c4)nc(-c4ccc5oc6ccccc6c5c4)n3)cc2)cc1.c1ccc(-c2ccc(-c3cc(-c4ccc5c(c4)c4ccccc4n5-c4ccc5c6ccccc6c6ccccc6c5c4)nc(-c4cccc5c4oc4ccccc45)n3)cc2)cc1. The molecule has 6 aromatic heterocycles. The van der Waals surface area contributed by atoms with E-state index in [0.717, 1.165) is 150 Å². The molecule has 0 spiro atoms. The van der Waals surface area contributed by atoms with Gasteiger partial charge in [-0.3, -0.25) is 0 Å². The summed E-state index contributed by atoms with van der Waals surface area (Å²) < 4.78 is 17.6. The average Bonchev–Trinajstić information content (AvgIpc) is 1.41. The van der Waals surface area contributed by atoms with E-state index in [9.17, 15) is 0 Å². The van der Waals surface area contributed by atoms with E-state index in [4.69, 9.17) is 28.8 Å². The van der Waals surface area contributed by atoms with Crippen molar-refractivity contribution in [3.8, 4) is 101 Å². The summed E-state index contributed by atoms with van der Waals surface area (Å²) in [6, 6.07) is 151. The van der Waals surface area contributed by atoms with Crippen LogP contribution in [0, 0.1) is 0 Å². The van der Waals surface area contributed by atoms with Gasteiger partial charge >= 0.3 is 0 Å². The maximum Gasteiger partial charge on any atom is 0.164 e. The Labute approximate surface area is 711 Å². The molecule has 8 nitrogen and oxygen atoms in total. The summed E-state index contributed by atoms with van der Waals surface area (Å²) in [4.78, 5) is 21.2. The van der Waals surface area contributed by atoms with Crippen LogP contribution in [0.25, 0.3) is 254 Å². The molecule has 0 atom stereocenters. The summed E-state index contributed by atoms with van der Waals surface area (Å²) in [5.41, 5.74) is 24.1. The van der Waals surface area contributed by atoms with E-state index in [-0.39, 0.29) is 0 Å². The van der Waals surface area contributed by atoms with Crippen LogP contribution in [-0.2, 0) is 0 Å². The van der Waals surface area contributed by atoms with Gasteiger partial charge in [0.15, 0.2) is 11.6 Å². The zero-order valence-electron chi connectivity index (χ0n) is 66.9. The number of rotatable bonds is 10. The highest BCUT2D eigenvalue weighted by Gasteiger charge is 2.24. The minimum Gasteiger partial charge on any atom is -0.456 e. The quantitative estimate of drug-likeness (QED) is 0.127. The Bertz CT molecular complexity index is 8780. The van der Waals surface area contributed by atoms with Gasteiger partial charge in [0.25, 0.3) is 0 Å². The molecule has 576 valence electrons. The molecule has 124 heavy (non-hydrogen) atoms. The van der Waals surface area contributed by atoms with Gasteiger partial charge in [-0.05, 0) is 196 Å². The number of fused-ring (bicyclic) bond motifs is 24. The third kappa shape index (κ3) is 11.6. The summed E-state index contributed by atoms with van der Waals surface area (Å²) in [6.07, 6.45) is 0. The van der Waals surface area contributed by atoms with Gasteiger partial charge < -0.3 is 18.0 Å². The van der Waals surface area contributed by atoms with Gasteiger partial charge in [0.05, 0.1) is 50.4 Å². The zero-order chi connectivity index (χ0) is 81.5. The molecular weight excluding hydrogens is 1510 g/mol. The van der Waals surface area contributed by atoms with Gasteiger partial charge in [-0.1, -0.05) is 315 Å². The van der Waals surface area contributed by atoms with Crippen LogP contribution in [0.5, 0.6) is 0 Å². The molecule has 0 saturated carbocycles. The number of hydrogen-bond acceptors (Lipinski definition) is 6. The molecule has 8 heteroatoms. The first-order chi connectivity index (χ1) is 61.4. The molecule has 0 unspecified atom stereocenters. The van der Waals surface area contributed by atoms with Crippen molar-refractivity contribution < 1.29 is 8.83 Å². The van der Waals surface area contributed by atoms with Crippen molar-refractivity contribution >= 4 is 152 Å². The fourth-order valence-electron chi connectivity index (χ4n) is 19.3. The van der Waals surface area contributed by atoms with Crippen molar-refractivity contribution in [2.45, 2.75) is 0 Å². The van der Waals surface area contributed by atoms with Gasteiger partial charge in [-0.15, -0.1) is 0 Å². The van der Waals surface area contributed by atoms with Crippen LogP contribution < -0.4 is 0 Å². The number of furan rings is 2. The minimum absolute atomic E-state index is 0.618. The van der Waals surface area contributed by atoms with Crippen molar-refractivity contribution in [1.29, 1.82) is 0 Å². The highest BCUT2D eigenvalue weighted by atomic mass is 16.3. The highest BCUT2D eigenvalue weighted by molar-refractivity contribution is 6.27. The van der Waals surface area contributed by atoms with E-state index in [0.29, 0.717) is 11.6 Å². The topological polar surface area (TPSA) is 87.7 Å². The van der Waals surface area contributed by atoms with Crippen molar-refractivity contribution in [3.05, 3.63) is 425 Å². The van der Waals surface area contributed by atoms with E-state index in [2.05, 4.69) is 391 Å². The number of aromatic nitrogens is 6. The van der Waals surface area contributed by atoms with Gasteiger partial charge in [0, 0.05) is 82.3 Å². The number of nitrogens with zero attached hydrogens (tertiary/aromatic N) is 6. The molecule has 6 heterocycles. The van der Waals surface area contributed by atoms with E-state index in [1.165, 1.54) is 91.9 Å². The minimum atomic E-state index is 0.618. The number of benzene rings is 20. The summed E-state index contributed by atoms with van der Waals surface area (Å²) in [5, 5.41) is 24.1. The van der Waals surface area contributed by atoms with Crippen molar-refractivity contribution in [3.63, 3.8) is 0 Å². The van der Waals surface area contributed by atoms with Crippen molar-refractivity contribution in [1.82, 2.24) is 29.1 Å². The molecule has 26 aromatic rings. The zero-order valence-corrected chi connectivity index (χ0v) is 66.9. The summed E-state index contributed by atoms with van der Waals surface area (Å²) in [5.74, 6) is 1.28. The Morgan fingerprint density at radius 2 is 0.476 bits per heavy atom. The fraction of sp³-hybridized carbons (Fsp3) is 0. The maximum atomic E-state index is 6.53. The first-order valence-electron chi connectivity index (χ1n) is 42.1. The summed E-state index contributed by atoms with van der Waals surface area (Å²) >= 11 is 0. The Hall–Kier alpha value is -16.7. The summed E-state index contributed by atoms with van der Waals surface area (Å²) in [7, 11) is 0. The van der Waals surface area contributed by atoms with E-state index < -0.39 is 0 Å². The second-order valence-corrected chi connectivity index (χ2v) is 32.2. The molecule has 0 aliphatic rings. The maximum absolute atomic E-state index is 6.53. The highest BCUT2D eigenvalue weighted by Crippen LogP contribution is 2.46. The van der Waals surface area contributed by atoms with E-state index >= 15 is 0 Å². The van der Waals surface area contributed by atoms with Crippen LogP contribution in [0.3, 0.4) is 0 Å². The third-order valence-corrected chi connectivity index (χ3v) is 25.2. The molecule has 26 rings (SSSR count). The second kappa shape index (κ2) is 28.5. The van der Waals surface area contributed by atoms with Crippen LogP contribution in [-0.4, -0.2) is 29.1 Å². The van der Waals surface area contributed by atoms with Crippen LogP contribution >= 0.6 is 0 Å². The molecule has 0 fully saturated rings. The van der Waals surface area contributed by atoms with Gasteiger partial charge in [0.2, 0.25) is 0 Å². The molecule has 0 bridgehead atoms. The van der Waals surface area contributed by atoms with E-state index in [1.807, 2.05) is 42.5 Å². The monoisotopic (exact) mass is 1580 g/mol. The average molecular weight is 1580 g/mol. The van der Waals surface area contributed by atoms with Crippen molar-refractivity contribution in [2.24, 2.45) is 0 Å². The van der Waals surface area contributed by atoms with Gasteiger partial charge in [-0.2, -0.15) is 0 Å². The molecule has 0 amide bonds. The smallest absolute Gasteiger partial charge is 0.164 e. The van der Waals surface area contributed by atoms with Gasteiger partial charge in [-0.25, -0.2) is 19.9 Å². The number of hydrogen-bond donors (Lipinski definition) is 0. The first-order valence-corrected chi connectivity index (χ1v) is 42.1. The van der Waals surface area contributed by atoms with Crippen molar-refractivity contribution in [2.75, 3.05) is 0 Å². The number of para-hydroxylation sites is 5. The Kier molecular flexibility index (Phi) is 16.2. The van der Waals surface area contributed by atoms with E-state index in [1.54, 1.807) is 0 Å². The summed E-state index contributed by atoms with van der Waals surface area (Å²) in [6.45, 7) is 0. The van der Waals surface area contributed by atoms with Crippen LogP contribution in [0.4, 0.5) is 0 Å². The normalized spacial score (nSPS) is 11.9. The largest absolute Gasteiger partial charge is 0.456 e. The first kappa shape index (κ1) is 70.3. The van der Waals surface area contributed by atoms with Gasteiger partial charge in [0.1, 0.15) is 22.3 Å². The lowest BCUT2D eigenvalue weighted by molar-refractivity contribution is 0.669. The standard InChI is InChI=1S/2C58H35N3O/c1-2-13-36(14-3-1)37-25-27-38(28-26-37)52-35-53(60-58(59-52)49-22-12-21-48-47-20-9-11-24-56(47)62-57(48)49)39-29-32-55-51(33-39)46-19-8-10-23-54(46)61(55)40-30-31-45-43-17-5-4-15-41(43)42-16-6-7-18-44(42)50(45)34-40;1-2-12-36(13-3-1)37-22-24-38(25-23-37)52-35-53(60-58(59-52)40-27-31-57-51(33-40)48-19-9-11-21-56(48)62-57)39-26-30-55-50(32-39)47-18-8-10-20-54(47)61(55)41-28-29-46-44-16-5-4-14-42(44)43-15-6-7-17-45(43)49(46)34-41/h2*1-35H. The Morgan fingerprint density at radius 1 is 0.161 bits per heavy atom. The molecule has 0 saturated heterocycles. The third-order valence-electron chi connectivity index (χ3n) is 25.2. The van der Waals surface area contributed by atoms with Crippen LogP contribution in [0.2, 0.25) is 0 Å². The predicted octanol–water partition coefficient (Wildman–Crippen LogP) is 31.2. The lowest BCUT2D eigenvalue weighted by atomic mass is 9.94. The lowest BCUT2D eigenvalue weighted by Gasteiger charge is -2.14. The Balaban J connectivity index is 0.000000136. The molecule has 0 aliphatic carbocycles. The molecule has 0 N–H and O–H groups in total. The molecular formula is C116H70N6O2. The van der Waals surface area contributed by atoms with Crippen LogP contribution in [0.15, 0.2) is 433 Å². The Morgan fingerprint density at radius 3 is 0.944 bits per heavy atom. The predicted molar refractivity (Wildman–Crippen MR) is 516 cm³/mol.